The normalized spacial score (nSPS) is 15.1. The molecule has 1 saturated heterocycles. The van der Waals surface area contributed by atoms with Crippen LogP contribution in [0.5, 0.6) is 0 Å². The molecule has 0 unspecified atom stereocenters. The summed E-state index contributed by atoms with van der Waals surface area (Å²) < 4.78 is 0. The highest BCUT2D eigenvalue weighted by molar-refractivity contribution is 7.80. The van der Waals surface area contributed by atoms with Crippen molar-refractivity contribution in [2.45, 2.75) is 6.92 Å². The number of nitrogens with zero attached hydrogens (tertiary/aromatic N) is 2. The number of anilines is 1. The van der Waals surface area contributed by atoms with E-state index in [1.807, 2.05) is 30.3 Å². The second kappa shape index (κ2) is 9.44. The Morgan fingerprint density at radius 2 is 1.81 bits per heavy atom. The Labute approximate surface area is 166 Å². The SMILES string of the molecule is CC(=O)c1cccc(NC(=S)N2CCN(CC=Cc3ccccc3)CC2)c1. The molecule has 0 radical (unpaired) electrons. The molecule has 3 rings (SSSR count). The Morgan fingerprint density at radius 1 is 1.07 bits per heavy atom. The summed E-state index contributed by atoms with van der Waals surface area (Å²) in [5.74, 6) is 0.0572. The lowest BCUT2D eigenvalue weighted by Crippen LogP contribution is -2.49. The summed E-state index contributed by atoms with van der Waals surface area (Å²) in [6, 6.07) is 17.8. The maximum atomic E-state index is 11.5. The molecule has 1 aliphatic rings. The van der Waals surface area contributed by atoms with Crippen LogP contribution >= 0.6 is 12.2 Å². The third-order valence-corrected chi connectivity index (χ3v) is 5.01. The van der Waals surface area contributed by atoms with Crippen molar-refractivity contribution >= 4 is 34.9 Å². The van der Waals surface area contributed by atoms with Gasteiger partial charge in [-0.3, -0.25) is 9.69 Å². The number of benzene rings is 2. The highest BCUT2D eigenvalue weighted by atomic mass is 32.1. The van der Waals surface area contributed by atoms with E-state index in [1.165, 1.54) is 5.56 Å². The van der Waals surface area contributed by atoms with Gasteiger partial charge in [0.25, 0.3) is 0 Å². The van der Waals surface area contributed by atoms with Gasteiger partial charge in [0.15, 0.2) is 10.9 Å². The van der Waals surface area contributed by atoms with E-state index in [0.717, 1.165) is 43.5 Å². The first-order valence-corrected chi connectivity index (χ1v) is 9.63. The fraction of sp³-hybridized carbons (Fsp3) is 0.273. The first kappa shape index (κ1) is 19.3. The van der Waals surface area contributed by atoms with E-state index in [1.54, 1.807) is 6.92 Å². The van der Waals surface area contributed by atoms with E-state index in [4.69, 9.17) is 12.2 Å². The maximum absolute atomic E-state index is 11.5. The third-order valence-electron chi connectivity index (χ3n) is 4.65. The number of carbonyl (C=O) groups is 1. The van der Waals surface area contributed by atoms with Crippen molar-refractivity contribution in [3.8, 4) is 0 Å². The number of piperazine rings is 1. The van der Waals surface area contributed by atoms with Gasteiger partial charge in [-0.1, -0.05) is 54.6 Å². The van der Waals surface area contributed by atoms with Crippen LogP contribution in [0.25, 0.3) is 6.08 Å². The van der Waals surface area contributed by atoms with Crippen molar-refractivity contribution in [3.05, 3.63) is 71.8 Å². The number of thiocarbonyl (C=S) groups is 1. The van der Waals surface area contributed by atoms with Crippen molar-refractivity contribution < 1.29 is 4.79 Å². The molecule has 0 aliphatic carbocycles. The maximum Gasteiger partial charge on any atom is 0.173 e. The fourth-order valence-electron chi connectivity index (χ4n) is 3.05. The molecule has 4 nitrogen and oxygen atoms in total. The van der Waals surface area contributed by atoms with E-state index in [9.17, 15) is 4.79 Å². The summed E-state index contributed by atoms with van der Waals surface area (Å²) in [5.41, 5.74) is 2.79. The lowest BCUT2D eigenvalue weighted by atomic mass is 10.1. The van der Waals surface area contributed by atoms with Crippen LogP contribution in [0, 0.1) is 0 Å². The summed E-state index contributed by atoms with van der Waals surface area (Å²) in [6.45, 7) is 6.28. The molecule has 1 heterocycles. The van der Waals surface area contributed by atoms with Crippen LogP contribution in [0.2, 0.25) is 0 Å². The first-order valence-electron chi connectivity index (χ1n) is 9.23. The molecular weight excluding hydrogens is 354 g/mol. The highest BCUT2D eigenvalue weighted by Gasteiger charge is 2.18. The number of ketones is 1. The molecular formula is C22H25N3OS. The minimum absolute atomic E-state index is 0.0572. The second-order valence-electron chi connectivity index (χ2n) is 6.67. The van der Waals surface area contributed by atoms with Crippen LogP contribution < -0.4 is 5.32 Å². The van der Waals surface area contributed by atoms with Crippen LogP contribution in [0.4, 0.5) is 5.69 Å². The molecule has 0 saturated carbocycles. The van der Waals surface area contributed by atoms with Gasteiger partial charge in [0.05, 0.1) is 0 Å². The summed E-state index contributed by atoms with van der Waals surface area (Å²) in [4.78, 5) is 16.1. The molecule has 140 valence electrons. The highest BCUT2D eigenvalue weighted by Crippen LogP contribution is 2.13. The predicted octanol–water partition coefficient (Wildman–Crippen LogP) is 3.92. The average Bonchev–Trinajstić information content (AvgIpc) is 2.69. The topological polar surface area (TPSA) is 35.6 Å². The number of hydrogen-bond donors (Lipinski definition) is 1. The van der Waals surface area contributed by atoms with Crippen molar-refractivity contribution in [1.82, 2.24) is 9.80 Å². The van der Waals surface area contributed by atoms with Crippen molar-refractivity contribution in [1.29, 1.82) is 0 Å². The largest absolute Gasteiger partial charge is 0.346 e. The monoisotopic (exact) mass is 379 g/mol. The number of hydrogen-bond acceptors (Lipinski definition) is 3. The number of nitrogens with one attached hydrogen (secondary N) is 1. The van der Waals surface area contributed by atoms with Crippen molar-refractivity contribution in [3.63, 3.8) is 0 Å². The number of Topliss-reactive ketones (excluding diaryl/α,β-unsaturated/α-hetero) is 1. The Morgan fingerprint density at radius 3 is 2.52 bits per heavy atom. The number of rotatable bonds is 5. The molecule has 0 amide bonds. The van der Waals surface area contributed by atoms with Gasteiger partial charge in [0, 0.05) is 44.0 Å². The Hall–Kier alpha value is -2.50. The molecule has 2 aromatic carbocycles. The van der Waals surface area contributed by atoms with Gasteiger partial charge in [-0.2, -0.15) is 0 Å². The van der Waals surface area contributed by atoms with Gasteiger partial charge < -0.3 is 10.2 Å². The number of carbonyl (C=O) groups excluding carboxylic acids is 1. The average molecular weight is 380 g/mol. The van der Waals surface area contributed by atoms with E-state index in [-0.39, 0.29) is 5.78 Å². The summed E-state index contributed by atoms with van der Waals surface area (Å²) in [7, 11) is 0. The van der Waals surface area contributed by atoms with E-state index in [2.05, 4.69) is 51.5 Å². The van der Waals surface area contributed by atoms with Crippen LogP contribution in [0.3, 0.4) is 0 Å². The molecule has 1 aliphatic heterocycles. The molecule has 1 fully saturated rings. The summed E-state index contributed by atoms with van der Waals surface area (Å²) in [5, 5.41) is 3.98. The van der Waals surface area contributed by atoms with Crippen LogP contribution in [0.15, 0.2) is 60.7 Å². The molecule has 27 heavy (non-hydrogen) atoms. The minimum Gasteiger partial charge on any atom is -0.346 e. The molecule has 5 heteroatoms. The van der Waals surface area contributed by atoms with Gasteiger partial charge in [-0.15, -0.1) is 0 Å². The van der Waals surface area contributed by atoms with Crippen molar-refractivity contribution in [2.75, 3.05) is 38.0 Å². The molecule has 0 aromatic heterocycles. The van der Waals surface area contributed by atoms with Crippen molar-refractivity contribution in [2.24, 2.45) is 0 Å². The van der Waals surface area contributed by atoms with Gasteiger partial charge in [-0.05, 0) is 36.8 Å². The standard InChI is InChI=1S/C22H25N3OS/c1-18(26)20-10-5-11-21(17-20)23-22(27)25-15-13-24(14-16-25)12-6-9-19-7-3-2-4-8-19/h2-11,17H,12-16H2,1H3,(H,23,27). The van der Waals surface area contributed by atoms with Crippen LogP contribution in [-0.2, 0) is 0 Å². The quantitative estimate of drug-likeness (QED) is 0.629. The lowest BCUT2D eigenvalue weighted by Gasteiger charge is -2.35. The van der Waals surface area contributed by atoms with Crippen LogP contribution in [0.1, 0.15) is 22.8 Å². The molecule has 0 atom stereocenters. The molecule has 2 aromatic rings. The zero-order valence-corrected chi connectivity index (χ0v) is 16.4. The Bertz CT molecular complexity index is 811. The van der Waals surface area contributed by atoms with Gasteiger partial charge in [0.1, 0.15) is 0 Å². The minimum atomic E-state index is 0.0572. The van der Waals surface area contributed by atoms with Crippen LogP contribution in [-0.4, -0.2) is 53.4 Å². The smallest absolute Gasteiger partial charge is 0.173 e. The molecule has 1 N–H and O–H groups in total. The van der Waals surface area contributed by atoms with E-state index >= 15 is 0 Å². The first-order chi connectivity index (χ1) is 13.1. The van der Waals surface area contributed by atoms with Gasteiger partial charge >= 0.3 is 0 Å². The van der Waals surface area contributed by atoms with Gasteiger partial charge in [0.2, 0.25) is 0 Å². The molecule has 0 bridgehead atoms. The Kier molecular flexibility index (Phi) is 6.74. The summed E-state index contributed by atoms with van der Waals surface area (Å²) >= 11 is 5.55. The third kappa shape index (κ3) is 5.74. The van der Waals surface area contributed by atoms with E-state index in [0.29, 0.717) is 5.56 Å². The molecule has 0 spiro atoms. The second-order valence-corrected chi connectivity index (χ2v) is 7.05. The summed E-state index contributed by atoms with van der Waals surface area (Å²) in [6.07, 6.45) is 4.38. The van der Waals surface area contributed by atoms with Gasteiger partial charge in [-0.25, -0.2) is 0 Å². The lowest BCUT2D eigenvalue weighted by molar-refractivity contribution is 0.101. The van der Waals surface area contributed by atoms with E-state index < -0.39 is 0 Å². The Balaban J connectivity index is 1.46. The zero-order valence-electron chi connectivity index (χ0n) is 15.6. The fourth-order valence-corrected chi connectivity index (χ4v) is 3.35. The zero-order chi connectivity index (χ0) is 19.1. The predicted molar refractivity (Wildman–Crippen MR) is 116 cm³/mol.